The molecule has 1 aliphatic carbocycles. The Morgan fingerprint density at radius 1 is 1.36 bits per heavy atom. The van der Waals surface area contributed by atoms with Crippen LogP contribution in [0.2, 0.25) is 0 Å². The van der Waals surface area contributed by atoms with Crippen LogP contribution in [-0.4, -0.2) is 23.7 Å². The van der Waals surface area contributed by atoms with Gasteiger partial charge in [-0.25, -0.2) is 0 Å². The Morgan fingerprint density at radius 2 is 2.09 bits per heavy atom. The van der Waals surface area contributed by atoms with Gasteiger partial charge in [0.15, 0.2) is 0 Å². The van der Waals surface area contributed by atoms with Crippen molar-refractivity contribution in [2.75, 3.05) is 6.54 Å². The maximum absolute atomic E-state index is 11.8. The molecule has 2 atom stereocenters. The second kappa shape index (κ2) is 7.99. The standard InChI is InChI=1S/C18H25NO3/c1-13(2)22-16-9-7-15(8-10-16)17(20)12-19-18(21)11-14-5-3-4-6-14/h3,5,7-10,13-14,17,20H,4,6,11-12H2,1-2H3,(H,19,21). The molecule has 1 aromatic rings. The molecule has 2 N–H and O–H groups in total. The predicted molar refractivity (Wildman–Crippen MR) is 86.7 cm³/mol. The quantitative estimate of drug-likeness (QED) is 0.761. The molecule has 0 saturated carbocycles. The molecule has 1 amide bonds. The van der Waals surface area contributed by atoms with Crippen LogP contribution in [0, 0.1) is 5.92 Å². The third kappa shape index (κ3) is 5.19. The zero-order valence-electron chi connectivity index (χ0n) is 13.3. The maximum Gasteiger partial charge on any atom is 0.220 e. The summed E-state index contributed by atoms with van der Waals surface area (Å²) in [5.41, 5.74) is 0.775. The minimum Gasteiger partial charge on any atom is -0.491 e. The highest BCUT2D eigenvalue weighted by Crippen LogP contribution is 2.21. The lowest BCUT2D eigenvalue weighted by Gasteiger charge is -2.15. The monoisotopic (exact) mass is 303 g/mol. The molecule has 2 rings (SSSR count). The lowest BCUT2D eigenvalue weighted by Crippen LogP contribution is -2.29. The van der Waals surface area contributed by atoms with Crippen LogP contribution >= 0.6 is 0 Å². The molecule has 0 aliphatic heterocycles. The van der Waals surface area contributed by atoms with Crippen LogP contribution in [0.5, 0.6) is 5.75 Å². The lowest BCUT2D eigenvalue weighted by molar-refractivity contribution is -0.122. The number of nitrogens with one attached hydrogen (secondary N) is 1. The van der Waals surface area contributed by atoms with E-state index in [0.717, 1.165) is 24.2 Å². The fourth-order valence-electron chi connectivity index (χ4n) is 2.54. The fourth-order valence-corrected chi connectivity index (χ4v) is 2.54. The van der Waals surface area contributed by atoms with Crippen molar-refractivity contribution in [1.29, 1.82) is 0 Å². The smallest absolute Gasteiger partial charge is 0.220 e. The van der Waals surface area contributed by atoms with Crippen molar-refractivity contribution < 1.29 is 14.6 Å². The second-order valence-corrected chi connectivity index (χ2v) is 6.03. The van der Waals surface area contributed by atoms with Gasteiger partial charge in [-0.1, -0.05) is 24.3 Å². The Morgan fingerprint density at radius 3 is 2.68 bits per heavy atom. The zero-order valence-corrected chi connectivity index (χ0v) is 13.3. The van der Waals surface area contributed by atoms with E-state index in [2.05, 4.69) is 17.5 Å². The van der Waals surface area contributed by atoms with Gasteiger partial charge in [-0.05, 0) is 50.3 Å². The molecule has 1 aromatic carbocycles. The summed E-state index contributed by atoms with van der Waals surface area (Å²) < 4.78 is 5.56. The van der Waals surface area contributed by atoms with E-state index in [1.165, 1.54) is 0 Å². The molecule has 4 nitrogen and oxygen atoms in total. The summed E-state index contributed by atoms with van der Waals surface area (Å²) in [6.07, 6.45) is 6.26. The van der Waals surface area contributed by atoms with E-state index >= 15 is 0 Å². The molecule has 0 aromatic heterocycles. The van der Waals surface area contributed by atoms with Gasteiger partial charge in [0.25, 0.3) is 0 Å². The molecular weight excluding hydrogens is 278 g/mol. The average molecular weight is 303 g/mol. The van der Waals surface area contributed by atoms with Crippen molar-refractivity contribution >= 4 is 5.91 Å². The summed E-state index contributed by atoms with van der Waals surface area (Å²) >= 11 is 0. The number of allylic oxidation sites excluding steroid dienone is 2. The van der Waals surface area contributed by atoms with Crippen LogP contribution in [0.25, 0.3) is 0 Å². The number of ether oxygens (including phenoxy) is 1. The largest absolute Gasteiger partial charge is 0.491 e. The van der Waals surface area contributed by atoms with Crippen LogP contribution in [-0.2, 0) is 4.79 Å². The van der Waals surface area contributed by atoms with Crippen LogP contribution in [0.1, 0.15) is 44.8 Å². The minimum absolute atomic E-state index is 0.00430. The molecule has 22 heavy (non-hydrogen) atoms. The van der Waals surface area contributed by atoms with Gasteiger partial charge < -0.3 is 15.2 Å². The Balaban J connectivity index is 1.77. The SMILES string of the molecule is CC(C)Oc1ccc(C(O)CNC(=O)CC2C=CCC2)cc1. The first-order valence-corrected chi connectivity index (χ1v) is 7.92. The first-order valence-electron chi connectivity index (χ1n) is 7.92. The zero-order chi connectivity index (χ0) is 15.9. The number of aliphatic hydroxyl groups is 1. The Bertz CT molecular complexity index is 508. The van der Waals surface area contributed by atoms with Crippen molar-refractivity contribution in [3.63, 3.8) is 0 Å². The molecule has 120 valence electrons. The van der Waals surface area contributed by atoms with Gasteiger partial charge in [0.05, 0.1) is 12.2 Å². The molecule has 0 spiro atoms. The van der Waals surface area contributed by atoms with Crippen LogP contribution in [0.4, 0.5) is 0 Å². The second-order valence-electron chi connectivity index (χ2n) is 6.03. The maximum atomic E-state index is 11.8. The number of rotatable bonds is 7. The molecule has 0 radical (unpaired) electrons. The van der Waals surface area contributed by atoms with Crippen molar-refractivity contribution in [3.05, 3.63) is 42.0 Å². The Labute approximate surface area is 132 Å². The molecular formula is C18H25NO3. The van der Waals surface area contributed by atoms with E-state index in [-0.39, 0.29) is 18.6 Å². The van der Waals surface area contributed by atoms with Gasteiger partial charge in [-0.2, -0.15) is 0 Å². The van der Waals surface area contributed by atoms with Gasteiger partial charge >= 0.3 is 0 Å². The molecule has 4 heteroatoms. The summed E-state index contributed by atoms with van der Waals surface area (Å²) in [5.74, 6) is 1.13. The summed E-state index contributed by atoms with van der Waals surface area (Å²) in [7, 11) is 0. The van der Waals surface area contributed by atoms with E-state index in [9.17, 15) is 9.90 Å². The fraction of sp³-hybridized carbons (Fsp3) is 0.500. The van der Waals surface area contributed by atoms with Gasteiger partial charge in [0.2, 0.25) is 5.91 Å². The summed E-state index contributed by atoms with van der Waals surface area (Å²) in [5, 5.41) is 12.9. The molecule has 1 aliphatic rings. The summed E-state index contributed by atoms with van der Waals surface area (Å²) in [4.78, 5) is 11.8. The van der Waals surface area contributed by atoms with Crippen LogP contribution in [0.3, 0.4) is 0 Å². The van der Waals surface area contributed by atoms with Gasteiger partial charge in [0.1, 0.15) is 5.75 Å². The number of benzene rings is 1. The number of carbonyl (C=O) groups excluding carboxylic acids is 1. The van der Waals surface area contributed by atoms with E-state index in [1.54, 1.807) is 0 Å². The Kier molecular flexibility index (Phi) is 6.01. The van der Waals surface area contributed by atoms with E-state index in [1.807, 2.05) is 38.1 Å². The van der Waals surface area contributed by atoms with Crippen LogP contribution in [0.15, 0.2) is 36.4 Å². The normalized spacial score (nSPS) is 18.5. The Hall–Kier alpha value is -1.81. The number of aliphatic hydroxyl groups excluding tert-OH is 1. The van der Waals surface area contributed by atoms with E-state index in [4.69, 9.17) is 4.74 Å². The molecule has 0 fully saturated rings. The number of carbonyl (C=O) groups is 1. The number of hydrogen-bond donors (Lipinski definition) is 2. The van der Waals surface area contributed by atoms with Crippen molar-refractivity contribution in [3.8, 4) is 5.75 Å². The van der Waals surface area contributed by atoms with E-state index in [0.29, 0.717) is 12.3 Å². The van der Waals surface area contributed by atoms with Crippen molar-refractivity contribution in [1.82, 2.24) is 5.32 Å². The minimum atomic E-state index is -0.698. The highest BCUT2D eigenvalue weighted by atomic mass is 16.5. The third-order valence-corrected chi connectivity index (χ3v) is 3.69. The summed E-state index contributed by atoms with van der Waals surface area (Å²) in [6, 6.07) is 7.33. The number of hydrogen-bond acceptors (Lipinski definition) is 3. The first kappa shape index (κ1) is 16.6. The third-order valence-electron chi connectivity index (χ3n) is 3.69. The lowest BCUT2D eigenvalue weighted by atomic mass is 10.0. The van der Waals surface area contributed by atoms with Crippen molar-refractivity contribution in [2.24, 2.45) is 5.92 Å². The molecule has 2 unspecified atom stereocenters. The highest BCUT2D eigenvalue weighted by molar-refractivity contribution is 5.76. The first-order chi connectivity index (χ1) is 10.5. The molecule has 0 saturated heterocycles. The van der Waals surface area contributed by atoms with Gasteiger partial charge in [-0.15, -0.1) is 0 Å². The predicted octanol–water partition coefficient (Wildman–Crippen LogP) is 2.98. The molecule has 0 heterocycles. The number of amides is 1. The van der Waals surface area contributed by atoms with Gasteiger partial charge in [-0.3, -0.25) is 4.79 Å². The van der Waals surface area contributed by atoms with E-state index < -0.39 is 6.10 Å². The summed E-state index contributed by atoms with van der Waals surface area (Å²) in [6.45, 7) is 4.18. The van der Waals surface area contributed by atoms with Crippen LogP contribution < -0.4 is 10.1 Å². The van der Waals surface area contributed by atoms with Gasteiger partial charge in [0, 0.05) is 13.0 Å². The highest BCUT2D eigenvalue weighted by Gasteiger charge is 2.15. The molecule has 0 bridgehead atoms. The van der Waals surface area contributed by atoms with Crippen molar-refractivity contribution in [2.45, 2.75) is 45.3 Å². The average Bonchev–Trinajstić information content (AvgIpc) is 2.98. The topological polar surface area (TPSA) is 58.6 Å².